The smallest absolute Gasteiger partial charge is 0.338 e. The predicted octanol–water partition coefficient (Wildman–Crippen LogP) is 1.37. The van der Waals surface area contributed by atoms with Gasteiger partial charge in [0.15, 0.2) is 0 Å². The number of nitrogens with zero attached hydrogens (tertiary/aromatic N) is 3. The summed E-state index contributed by atoms with van der Waals surface area (Å²) in [7, 11) is 1.11. The van der Waals surface area contributed by atoms with Gasteiger partial charge in [0.1, 0.15) is 10.5 Å². The van der Waals surface area contributed by atoms with Gasteiger partial charge in [0.2, 0.25) is 0 Å². The Morgan fingerprint density at radius 2 is 1.56 bits per heavy atom. The van der Waals surface area contributed by atoms with E-state index in [0.717, 1.165) is 23.0 Å². The summed E-state index contributed by atoms with van der Waals surface area (Å²) < 4.78 is 11.4. The number of aromatic nitrogens is 1. The molecule has 2 N–H and O–H groups in total. The summed E-state index contributed by atoms with van der Waals surface area (Å²) in [5.41, 5.74) is 5.85. The first-order valence-electron chi connectivity index (χ1n) is 11.3. The summed E-state index contributed by atoms with van der Waals surface area (Å²) in [5.74, 6) is -3.19. The second-order valence-corrected chi connectivity index (χ2v) is 9.14. The van der Waals surface area contributed by atoms with Gasteiger partial charge in [0.05, 0.1) is 45.2 Å². The van der Waals surface area contributed by atoms with Gasteiger partial charge in [0.25, 0.3) is 16.9 Å². The van der Waals surface area contributed by atoms with E-state index in [0.29, 0.717) is 11.1 Å². The molecule has 0 saturated heterocycles. The number of nitro benzene ring substituents is 2. The summed E-state index contributed by atoms with van der Waals surface area (Å²) >= 11 is 0.910. The van der Waals surface area contributed by atoms with Crippen molar-refractivity contribution < 1.29 is 28.9 Å². The molecule has 0 fully saturated rings. The van der Waals surface area contributed by atoms with Gasteiger partial charge in [0, 0.05) is 24.3 Å². The minimum absolute atomic E-state index is 0.0144. The van der Waals surface area contributed by atoms with E-state index in [1.165, 1.54) is 54.6 Å². The molecule has 2 aromatic carbocycles. The number of rotatable bonds is 7. The Hall–Kier alpha value is -5.11. The third-order valence-corrected chi connectivity index (χ3v) is 7.00. The van der Waals surface area contributed by atoms with Crippen LogP contribution in [0.15, 0.2) is 58.9 Å². The van der Waals surface area contributed by atoms with Gasteiger partial charge >= 0.3 is 11.9 Å². The van der Waals surface area contributed by atoms with Gasteiger partial charge in [-0.3, -0.25) is 29.6 Å². The van der Waals surface area contributed by atoms with Crippen molar-refractivity contribution in [2.45, 2.75) is 12.8 Å². The highest BCUT2D eigenvalue weighted by molar-refractivity contribution is 7.07. The van der Waals surface area contributed by atoms with Crippen molar-refractivity contribution in [3.8, 4) is 0 Å². The lowest BCUT2D eigenvalue weighted by Crippen LogP contribution is -2.41. The van der Waals surface area contributed by atoms with E-state index in [-0.39, 0.29) is 44.1 Å². The number of hydrogen-bond acceptors (Lipinski definition) is 11. The van der Waals surface area contributed by atoms with Gasteiger partial charge in [-0.15, -0.1) is 11.3 Å². The fourth-order valence-electron chi connectivity index (χ4n) is 4.13. The second kappa shape index (κ2) is 10.7. The summed E-state index contributed by atoms with van der Waals surface area (Å²) in [6.07, 6.45) is 1.47. The molecule has 39 heavy (non-hydrogen) atoms. The molecule has 0 bridgehead atoms. The fraction of sp³-hybridized carbons (Fsp3) is 0.160. The van der Waals surface area contributed by atoms with E-state index in [2.05, 4.69) is 0 Å². The summed E-state index contributed by atoms with van der Waals surface area (Å²) in [6.45, 7) is 1.57. The van der Waals surface area contributed by atoms with E-state index < -0.39 is 33.3 Å². The molecule has 0 radical (unpaired) electrons. The minimum atomic E-state index is -1.16. The topological polar surface area (TPSA) is 187 Å². The van der Waals surface area contributed by atoms with E-state index in [4.69, 9.17) is 15.2 Å². The van der Waals surface area contributed by atoms with Gasteiger partial charge < -0.3 is 15.2 Å². The summed E-state index contributed by atoms with van der Waals surface area (Å²) in [5, 5.41) is 22.1. The zero-order valence-electron chi connectivity index (χ0n) is 20.5. The first-order chi connectivity index (χ1) is 18.6. The number of carbonyl (C=O) groups is 2. The van der Waals surface area contributed by atoms with Crippen LogP contribution in [0.2, 0.25) is 0 Å². The Morgan fingerprint density at radius 3 is 2.08 bits per heavy atom. The zero-order valence-corrected chi connectivity index (χ0v) is 21.3. The largest absolute Gasteiger partial charge is 0.466 e. The van der Waals surface area contributed by atoms with Crippen molar-refractivity contribution in [2.75, 3.05) is 13.7 Å². The fourth-order valence-corrected chi connectivity index (χ4v) is 5.29. The van der Waals surface area contributed by atoms with Crippen LogP contribution >= 0.6 is 11.3 Å². The molecule has 0 amide bonds. The highest BCUT2D eigenvalue weighted by Gasteiger charge is 2.39. The normalized spacial score (nSPS) is 15.1. The second-order valence-electron chi connectivity index (χ2n) is 8.11. The molecule has 2 heterocycles. The number of esters is 2. The number of nitro groups is 2. The average molecular weight is 553 g/mol. The van der Waals surface area contributed by atoms with Crippen LogP contribution in [0.1, 0.15) is 24.0 Å². The van der Waals surface area contributed by atoms with Crippen molar-refractivity contribution in [1.29, 1.82) is 0 Å². The Morgan fingerprint density at radius 1 is 1.00 bits per heavy atom. The highest BCUT2D eigenvalue weighted by atomic mass is 32.1. The third kappa shape index (κ3) is 4.92. The minimum Gasteiger partial charge on any atom is -0.466 e. The Kier molecular flexibility index (Phi) is 7.40. The van der Waals surface area contributed by atoms with Crippen molar-refractivity contribution in [2.24, 2.45) is 5.73 Å². The molecule has 1 unspecified atom stereocenters. The van der Waals surface area contributed by atoms with Crippen molar-refractivity contribution in [1.82, 2.24) is 4.57 Å². The van der Waals surface area contributed by atoms with Gasteiger partial charge in [-0.25, -0.2) is 9.59 Å². The summed E-state index contributed by atoms with van der Waals surface area (Å²) in [4.78, 5) is 60.7. The number of nitrogens with two attached hydrogens (primary N) is 1. The van der Waals surface area contributed by atoms with Crippen LogP contribution in [-0.4, -0.2) is 40.1 Å². The predicted molar refractivity (Wildman–Crippen MR) is 140 cm³/mol. The van der Waals surface area contributed by atoms with Crippen LogP contribution in [0.4, 0.5) is 11.4 Å². The Labute approximate surface area is 223 Å². The number of non-ortho nitro benzene ring substituents is 2. The first-order valence-corrected chi connectivity index (χ1v) is 12.1. The Bertz CT molecular complexity index is 1720. The average Bonchev–Trinajstić information content (AvgIpc) is 3.24. The standard InChI is InChI=1S/C25H20N4O9S/c1-3-38-25(32)20-18(14-6-10-16(11-7-14)29(35)36)19(24(31)37-2)21(26)27-22(30)17(39-23(20)27)12-13-4-8-15(9-5-13)28(33)34/h4-12,18H,3,26H2,1-2H3/b17-12-. The van der Waals surface area contributed by atoms with Crippen molar-refractivity contribution >= 4 is 52.1 Å². The van der Waals surface area contributed by atoms with Crippen LogP contribution in [0, 0.1) is 20.2 Å². The lowest BCUT2D eigenvalue weighted by Gasteiger charge is -2.26. The molecule has 200 valence electrons. The number of carbonyl (C=O) groups excluding carboxylic acids is 2. The highest BCUT2D eigenvalue weighted by Crippen LogP contribution is 2.38. The maximum atomic E-state index is 13.5. The molecular weight excluding hydrogens is 532 g/mol. The van der Waals surface area contributed by atoms with Crippen LogP contribution < -0.4 is 20.5 Å². The molecule has 1 aromatic heterocycles. The van der Waals surface area contributed by atoms with E-state index in [1.807, 2.05) is 0 Å². The number of hydrogen-bond donors (Lipinski definition) is 1. The maximum absolute atomic E-state index is 13.5. The van der Waals surface area contributed by atoms with E-state index in [9.17, 15) is 34.6 Å². The lowest BCUT2D eigenvalue weighted by molar-refractivity contribution is -0.385. The third-order valence-electron chi connectivity index (χ3n) is 5.89. The van der Waals surface area contributed by atoms with Gasteiger partial charge in [-0.1, -0.05) is 12.1 Å². The number of fused-ring (bicyclic) bond motifs is 1. The lowest BCUT2D eigenvalue weighted by atomic mass is 9.83. The number of methoxy groups -OCH3 is 1. The quantitative estimate of drug-likeness (QED) is 0.255. The number of thiazole rings is 1. The molecule has 3 aromatic rings. The van der Waals surface area contributed by atoms with Crippen LogP contribution in [-0.2, 0) is 19.1 Å². The van der Waals surface area contributed by atoms with Gasteiger partial charge in [-0.2, -0.15) is 0 Å². The van der Waals surface area contributed by atoms with E-state index >= 15 is 0 Å². The molecule has 0 spiro atoms. The number of benzene rings is 2. The van der Waals surface area contributed by atoms with Crippen molar-refractivity contribution in [3.63, 3.8) is 0 Å². The monoisotopic (exact) mass is 552 g/mol. The molecule has 1 aliphatic heterocycles. The summed E-state index contributed by atoms with van der Waals surface area (Å²) in [6, 6.07) is 10.7. The molecule has 13 nitrogen and oxygen atoms in total. The number of ether oxygens (including phenoxy) is 2. The first kappa shape index (κ1) is 26.9. The molecule has 4 rings (SSSR count). The van der Waals surface area contributed by atoms with Crippen LogP contribution in [0.25, 0.3) is 17.5 Å². The molecule has 1 aliphatic rings. The van der Waals surface area contributed by atoms with Crippen molar-refractivity contribution in [3.05, 3.63) is 105 Å². The SMILES string of the molecule is CCOC(=O)C1=c2s/c(=C\c3ccc([N+](=O)[O-])cc3)c(=O)n2C(N)=C(C(=O)OC)C1c1ccc([N+](=O)[O-])cc1. The maximum Gasteiger partial charge on any atom is 0.338 e. The molecule has 1 atom stereocenters. The molecule has 0 aliphatic carbocycles. The molecular formula is C25H20N4O9S. The molecule has 14 heteroatoms. The van der Waals surface area contributed by atoms with Crippen LogP contribution in [0.5, 0.6) is 0 Å². The molecule has 0 saturated carbocycles. The Balaban J connectivity index is 2.06. The van der Waals surface area contributed by atoms with Crippen LogP contribution in [0.3, 0.4) is 0 Å². The van der Waals surface area contributed by atoms with Gasteiger partial charge in [-0.05, 0) is 36.3 Å². The zero-order chi connectivity index (χ0) is 28.4. The van der Waals surface area contributed by atoms with E-state index in [1.54, 1.807) is 6.92 Å².